The number of hydrogen-bond acceptors (Lipinski definition) is 3. The van der Waals surface area contributed by atoms with Gasteiger partial charge in [0.2, 0.25) is 0 Å². The molecule has 1 aliphatic heterocycles. The molecule has 1 heterocycles. The molecular weight excluding hydrogens is 334 g/mol. The normalized spacial score (nSPS) is 20.3. The van der Waals surface area contributed by atoms with Crippen LogP contribution >= 0.6 is 11.6 Å². The van der Waals surface area contributed by atoms with Crippen molar-refractivity contribution in [2.24, 2.45) is 4.99 Å². The Bertz CT molecular complexity index is 686. The molecule has 0 spiro atoms. The summed E-state index contributed by atoms with van der Waals surface area (Å²) in [6.07, 6.45) is 0.828. The van der Waals surface area contributed by atoms with Gasteiger partial charge in [-0.3, -0.25) is 4.99 Å². The second kappa shape index (κ2) is 7.09. The highest BCUT2D eigenvalue weighted by molar-refractivity contribution is 7.92. The summed E-state index contributed by atoms with van der Waals surface area (Å²) in [6, 6.07) is 7.77. The molecule has 128 valence electrons. The minimum atomic E-state index is -3.04. The van der Waals surface area contributed by atoms with Gasteiger partial charge in [-0.05, 0) is 38.0 Å². The van der Waals surface area contributed by atoms with E-state index in [0.29, 0.717) is 13.1 Å². The first-order valence-electron chi connectivity index (χ1n) is 7.67. The van der Waals surface area contributed by atoms with Crippen LogP contribution in [0.15, 0.2) is 29.3 Å². The topological polar surface area (TPSA) is 61.8 Å². The molecule has 0 bridgehead atoms. The summed E-state index contributed by atoms with van der Waals surface area (Å²) in [7, 11) is -1.32. The maximum atomic E-state index is 12.1. The highest BCUT2D eigenvalue weighted by Crippen LogP contribution is 2.23. The average Bonchev–Trinajstić information content (AvgIpc) is 2.47. The molecule has 1 fully saturated rings. The van der Waals surface area contributed by atoms with Crippen LogP contribution in [0.25, 0.3) is 0 Å². The Hall–Kier alpha value is -1.27. The summed E-state index contributed by atoms with van der Waals surface area (Å²) in [4.78, 5) is 6.30. The van der Waals surface area contributed by atoms with E-state index in [9.17, 15) is 8.42 Å². The summed E-state index contributed by atoms with van der Waals surface area (Å²) in [6.45, 7) is 5.19. The van der Waals surface area contributed by atoms with Gasteiger partial charge in [0.1, 0.15) is 0 Å². The van der Waals surface area contributed by atoms with E-state index in [2.05, 4.69) is 10.3 Å². The number of aliphatic imine (C=N–C) groups is 1. The Balaban J connectivity index is 1.94. The van der Waals surface area contributed by atoms with E-state index in [1.54, 1.807) is 20.9 Å². The smallest absolute Gasteiger partial charge is 0.193 e. The zero-order valence-corrected chi connectivity index (χ0v) is 15.4. The van der Waals surface area contributed by atoms with Crippen molar-refractivity contribution in [3.8, 4) is 0 Å². The third-order valence-corrected chi connectivity index (χ3v) is 6.91. The Kier molecular flexibility index (Phi) is 5.57. The van der Waals surface area contributed by atoms with Gasteiger partial charge >= 0.3 is 0 Å². The molecule has 2 rings (SSSR count). The monoisotopic (exact) mass is 357 g/mol. The molecule has 0 saturated carbocycles. The second-order valence-electron chi connectivity index (χ2n) is 6.35. The molecule has 0 atom stereocenters. The number of nitrogens with zero attached hydrogens (tertiary/aromatic N) is 2. The molecule has 0 aliphatic carbocycles. The lowest BCUT2D eigenvalue weighted by atomic mass is 10.1. The van der Waals surface area contributed by atoms with E-state index in [4.69, 9.17) is 11.6 Å². The Morgan fingerprint density at radius 3 is 2.78 bits per heavy atom. The number of halogens is 1. The Morgan fingerprint density at radius 1 is 1.43 bits per heavy atom. The van der Waals surface area contributed by atoms with Crippen molar-refractivity contribution in [1.82, 2.24) is 10.2 Å². The SMILES string of the molecule is CN=C(NCCc1cccc(Cl)c1)N1CCS(=O)(=O)C(C)(C)C1. The molecule has 0 amide bonds. The molecule has 0 aromatic heterocycles. The summed E-state index contributed by atoms with van der Waals surface area (Å²) in [5, 5.41) is 4.04. The van der Waals surface area contributed by atoms with Crippen molar-refractivity contribution in [3.05, 3.63) is 34.9 Å². The number of nitrogens with one attached hydrogen (secondary N) is 1. The highest BCUT2D eigenvalue weighted by Gasteiger charge is 2.40. The van der Waals surface area contributed by atoms with E-state index in [1.165, 1.54) is 0 Å². The van der Waals surface area contributed by atoms with E-state index in [-0.39, 0.29) is 5.75 Å². The number of sulfone groups is 1. The van der Waals surface area contributed by atoms with Crippen LogP contribution in [0.2, 0.25) is 5.02 Å². The van der Waals surface area contributed by atoms with Gasteiger partial charge in [-0.1, -0.05) is 23.7 Å². The first-order chi connectivity index (χ1) is 10.7. The summed E-state index contributed by atoms with van der Waals surface area (Å²) in [5.74, 6) is 0.907. The highest BCUT2D eigenvalue weighted by atomic mass is 35.5. The first-order valence-corrected chi connectivity index (χ1v) is 9.70. The van der Waals surface area contributed by atoms with Crippen LogP contribution in [0.5, 0.6) is 0 Å². The fourth-order valence-corrected chi connectivity index (χ4v) is 4.25. The van der Waals surface area contributed by atoms with E-state index >= 15 is 0 Å². The largest absolute Gasteiger partial charge is 0.356 e. The van der Waals surface area contributed by atoms with Crippen LogP contribution in [-0.2, 0) is 16.3 Å². The Morgan fingerprint density at radius 2 is 2.17 bits per heavy atom. The van der Waals surface area contributed by atoms with Crippen molar-refractivity contribution in [2.45, 2.75) is 25.0 Å². The molecule has 0 unspecified atom stereocenters. The van der Waals surface area contributed by atoms with Gasteiger partial charge in [-0.15, -0.1) is 0 Å². The number of hydrogen-bond donors (Lipinski definition) is 1. The summed E-state index contributed by atoms with van der Waals surface area (Å²) >= 11 is 5.98. The van der Waals surface area contributed by atoms with Crippen molar-refractivity contribution < 1.29 is 8.42 Å². The number of benzene rings is 1. The van der Waals surface area contributed by atoms with Crippen molar-refractivity contribution in [2.75, 3.05) is 32.4 Å². The molecule has 7 heteroatoms. The third kappa shape index (κ3) is 4.38. The van der Waals surface area contributed by atoms with Gasteiger partial charge in [0.05, 0.1) is 10.5 Å². The maximum Gasteiger partial charge on any atom is 0.193 e. The van der Waals surface area contributed by atoms with Crippen molar-refractivity contribution >= 4 is 27.4 Å². The lowest BCUT2D eigenvalue weighted by Crippen LogP contribution is -2.57. The molecule has 23 heavy (non-hydrogen) atoms. The minimum absolute atomic E-state index is 0.162. The van der Waals surface area contributed by atoms with Crippen LogP contribution in [0.3, 0.4) is 0 Å². The minimum Gasteiger partial charge on any atom is -0.356 e. The van der Waals surface area contributed by atoms with Crippen LogP contribution in [0.1, 0.15) is 19.4 Å². The van der Waals surface area contributed by atoms with E-state index in [0.717, 1.165) is 29.5 Å². The van der Waals surface area contributed by atoms with Gasteiger partial charge < -0.3 is 10.2 Å². The van der Waals surface area contributed by atoms with Gasteiger partial charge in [-0.2, -0.15) is 0 Å². The zero-order chi connectivity index (χ0) is 17.1. The zero-order valence-electron chi connectivity index (χ0n) is 13.8. The quantitative estimate of drug-likeness (QED) is 0.663. The first kappa shape index (κ1) is 18.1. The fraction of sp³-hybridized carbons (Fsp3) is 0.562. The predicted octanol–water partition coefficient (Wildman–Crippen LogP) is 1.97. The van der Waals surface area contributed by atoms with Gasteiger partial charge in [0.15, 0.2) is 15.8 Å². The standard InChI is InChI=1S/C16H24ClN3O2S/c1-16(2)12-20(9-10-23(16,21)22)15(18-3)19-8-7-13-5-4-6-14(17)11-13/h4-6,11H,7-10,12H2,1-3H3,(H,18,19). The maximum absolute atomic E-state index is 12.1. The van der Waals surface area contributed by atoms with Gasteiger partial charge in [0, 0.05) is 31.7 Å². The third-order valence-electron chi connectivity index (χ3n) is 4.14. The fourth-order valence-electron chi connectivity index (χ4n) is 2.67. The Labute approximate surface area is 143 Å². The number of guanidine groups is 1. The lowest BCUT2D eigenvalue weighted by Gasteiger charge is -2.39. The molecule has 1 N–H and O–H groups in total. The van der Waals surface area contributed by atoms with Crippen LogP contribution in [0, 0.1) is 0 Å². The molecule has 0 radical (unpaired) electrons. The predicted molar refractivity (Wildman–Crippen MR) is 96.0 cm³/mol. The van der Waals surface area contributed by atoms with Crippen LogP contribution in [-0.4, -0.2) is 56.5 Å². The molecule has 1 aromatic rings. The summed E-state index contributed by atoms with van der Waals surface area (Å²) < 4.78 is 23.4. The van der Waals surface area contributed by atoms with Crippen LogP contribution in [0.4, 0.5) is 0 Å². The van der Waals surface area contributed by atoms with Gasteiger partial charge in [0.25, 0.3) is 0 Å². The second-order valence-corrected chi connectivity index (χ2v) is 9.53. The molecular formula is C16H24ClN3O2S. The molecule has 1 saturated heterocycles. The molecule has 1 aromatic carbocycles. The molecule has 5 nitrogen and oxygen atoms in total. The van der Waals surface area contributed by atoms with Gasteiger partial charge in [-0.25, -0.2) is 8.42 Å². The average molecular weight is 358 g/mol. The summed E-state index contributed by atoms with van der Waals surface area (Å²) in [5.41, 5.74) is 1.15. The van der Waals surface area contributed by atoms with Crippen molar-refractivity contribution in [3.63, 3.8) is 0 Å². The van der Waals surface area contributed by atoms with E-state index < -0.39 is 14.6 Å². The number of rotatable bonds is 3. The lowest BCUT2D eigenvalue weighted by molar-refractivity contribution is 0.353. The van der Waals surface area contributed by atoms with Crippen LogP contribution < -0.4 is 5.32 Å². The van der Waals surface area contributed by atoms with E-state index in [1.807, 2.05) is 29.2 Å². The molecule has 1 aliphatic rings. The van der Waals surface area contributed by atoms with Crippen molar-refractivity contribution in [1.29, 1.82) is 0 Å².